The normalized spacial score (nSPS) is 11.2. The van der Waals surface area contributed by atoms with Gasteiger partial charge in [-0.1, -0.05) is 28.1 Å². The van der Waals surface area contributed by atoms with Gasteiger partial charge in [0.15, 0.2) is 6.61 Å². The molecule has 2 aromatic rings. The van der Waals surface area contributed by atoms with E-state index in [1.54, 1.807) is 18.2 Å². The smallest absolute Gasteiger partial charge is 0.277 e. The predicted octanol–water partition coefficient (Wildman–Crippen LogP) is 3.26. The van der Waals surface area contributed by atoms with E-state index in [2.05, 4.69) is 26.5 Å². The molecule has 0 aromatic heterocycles. The number of hydrazone groups is 1. The highest BCUT2D eigenvalue weighted by Crippen LogP contribution is 2.21. The second kappa shape index (κ2) is 7.78. The Morgan fingerprint density at radius 1 is 1.26 bits per heavy atom. The van der Waals surface area contributed by atoms with Crippen LogP contribution in [0, 0.1) is 6.92 Å². The molecule has 0 bridgehead atoms. The van der Waals surface area contributed by atoms with Crippen LogP contribution >= 0.6 is 15.9 Å². The van der Waals surface area contributed by atoms with Gasteiger partial charge in [0.2, 0.25) is 0 Å². The molecule has 0 aliphatic rings. The molecule has 0 saturated heterocycles. The molecule has 0 spiro atoms. The number of nitrogens with two attached hydrogens (primary N) is 1. The van der Waals surface area contributed by atoms with Crippen molar-refractivity contribution in [2.45, 2.75) is 13.8 Å². The first-order valence-corrected chi connectivity index (χ1v) is 7.83. The lowest BCUT2D eigenvalue weighted by Gasteiger charge is -2.07. The molecule has 0 atom stereocenters. The average Bonchev–Trinajstić information content (AvgIpc) is 2.54. The van der Waals surface area contributed by atoms with Gasteiger partial charge in [0.1, 0.15) is 5.75 Å². The number of anilines is 1. The number of halogens is 1. The van der Waals surface area contributed by atoms with Crippen LogP contribution in [0.1, 0.15) is 18.1 Å². The van der Waals surface area contributed by atoms with E-state index < -0.39 is 0 Å². The second-order valence-corrected chi connectivity index (χ2v) is 5.91. The first-order valence-electron chi connectivity index (χ1n) is 7.03. The van der Waals surface area contributed by atoms with Crippen LogP contribution in [0.15, 0.2) is 52.0 Å². The number of hydrogen-bond donors (Lipinski definition) is 2. The largest absolute Gasteiger partial charge is 0.484 e. The minimum absolute atomic E-state index is 0.0976. The van der Waals surface area contributed by atoms with Crippen LogP contribution in [0.5, 0.6) is 5.75 Å². The van der Waals surface area contributed by atoms with E-state index in [0.29, 0.717) is 17.1 Å². The van der Waals surface area contributed by atoms with Crippen molar-refractivity contribution in [1.82, 2.24) is 5.43 Å². The first kappa shape index (κ1) is 17.0. The van der Waals surface area contributed by atoms with Crippen LogP contribution in [-0.4, -0.2) is 18.2 Å². The minimum Gasteiger partial charge on any atom is -0.484 e. The summed E-state index contributed by atoms with van der Waals surface area (Å²) in [5.74, 6) is 0.320. The Bertz CT molecular complexity index is 727. The third-order valence-electron chi connectivity index (χ3n) is 3.18. The maximum Gasteiger partial charge on any atom is 0.277 e. The number of benzene rings is 2. The van der Waals surface area contributed by atoms with E-state index in [9.17, 15) is 4.79 Å². The fourth-order valence-corrected chi connectivity index (χ4v) is 2.07. The molecule has 0 radical (unpaired) electrons. The molecule has 0 aliphatic heterocycles. The Morgan fingerprint density at radius 3 is 2.61 bits per heavy atom. The van der Waals surface area contributed by atoms with E-state index in [1.807, 2.05) is 38.1 Å². The Kier molecular flexibility index (Phi) is 5.76. The van der Waals surface area contributed by atoms with Crippen molar-refractivity contribution in [3.63, 3.8) is 0 Å². The summed E-state index contributed by atoms with van der Waals surface area (Å²) in [5.41, 5.74) is 11.4. The zero-order valence-electron chi connectivity index (χ0n) is 13.0. The molecular weight excluding hydrogens is 358 g/mol. The second-order valence-electron chi connectivity index (χ2n) is 5.05. The Morgan fingerprint density at radius 2 is 1.96 bits per heavy atom. The quantitative estimate of drug-likeness (QED) is 0.478. The van der Waals surface area contributed by atoms with Gasteiger partial charge < -0.3 is 10.5 Å². The van der Waals surface area contributed by atoms with E-state index >= 15 is 0 Å². The van der Waals surface area contributed by atoms with E-state index in [-0.39, 0.29) is 12.5 Å². The summed E-state index contributed by atoms with van der Waals surface area (Å²) in [5, 5.41) is 4.06. The molecule has 2 aromatic carbocycles. The zero-order valence-corrected chi connectivity index (χ0v) is 14.6. The number of nitrogens with zero attached hydrogens (tertiary/aromatic N) is 1. The summed E-state index contributed by atoms with van der Waals surface area (Å²) in [6.45, 7) is 3.67. The molecule has 5 nitrogen and oxygen atoms in total. The summed E-state index contributed by atoms with van der Waals surface area (Å²) in [6.07, 6.45) is 0. The first-order chi connectivity index (χ1) is 11.0. The molecule has 0 aliphatic carbocycles. The average molecular weight is 376 g/mol. The molecule has 1 amide bonds. The van der Waals surface area contributed by atoms with Crippen LogP contribution in [-0.2, 0) is 4.79 Å². The number of aryl methyl sites for hydroxylation is 1. The molecule has 0 heterocycles. The highest BCUT2D eigenvalue weighted by molar-refractivity contribution is 9.10. The number of hydrogen-bond acceptors (Lipinski definition) is 4. The lowest BCUT2D eigenvalue weighted by Crippen LogP contribution is -2.25. The van der Waals surface area contributed by atoms with Gasteiger partial charge in [0, 0.05) is 10.2 Å². The van der Waals surface area contributed by atoms with Gasteiger partial charge in [-0.15, -0.1) is 0 Å². The summed E-state index contributed by atoms with van der Waals surface area (Å²) in [6, 6.07) is 12.8. The van der Waals surface area contributed by atoms with Crippen molar-refractivity contribution in [3.05, 3.63) is 58.1 Å². The highest BCUT2D eigenvalue weighted by atomic mass is 79.9. The fraction of sp³-hybridized carbons (Fsp3) is 0.176. The number of carbonyl (C=O) groups excluding carboxylic acids is 1. The molecule has 2 rings (SSSR count). The maximum atomic E-state index is 11.8. The van der Waals surface area contributed by atoms with Crippen LogP contribution in [0.4, 0.5) is 5.69 Å². The van der Waals surface area contributed by atoms with Gasteiger partial charge in [-0.3, -0.25) is 4.79 Å². The molecule has 0 saturated carbocycles. The zero-order chi connectivity index (χ0) is 16.8. The number of amides is 1. The van der Waals surface area contributed by atoms with E-state index in [0.717, 1.165) is 15.6 Å². The maximum absolute atomic E-state index is 11.8. The Hall–Kier alpha value is -2.34. The molecule has 0 unspecified atom stereocenters. The van der Waals surface area contributed by atoms with Gasteiger partial charge in [-0.25, -0.2) is 5.43 Å². The molecule has 6 heteroatoms. The number of nitrogens with one attached hydrogen (secondary N) is 1. The van der Waals surface area contributed by atoms with Gasteiger partial charge in [0.25, 0.3) is 5.91 Å². The van der Waals surface area contributed by atoms with Gasteiger partial charge in [0.05, 0.1) is 5.71 Å². The molecule has 120 valence electrons. The summed E-state index contributed by atoms with van der Waals surface area (Å²) >= 11 is 3.42. The molecule has 3 N–H and O–H groups in total. The van der Waals surface area contributed by atoms with Crippen LogP contribution < -0.4 is 15.9 Å². The minimum atomic E-state index is -0.319. The topological polar surface area (TPSA) is 76.7 Å². The SMILES string of the molecule is CC(=NNC(=O)COc1ccc(Br)c(C)c1)c1ccc(N)cc1. The van der Waals surface area contributed by atoms with Crippen molar-refractivity contribution < 1.29 is 9.53 Å². The monoisotopic (exact) mass is 375 g/mol. The van der Waals surface area contributed by atoms with Crippen molar-refractivity contribution >= 4 is 33.2 Å². The number of carbonyl (C=O) groups is 1. The van der Waals surface area contributed by atoms with E-state index in [1.165, 1.54) is 0 Å². The summed E-state index contributed by atoms with van der Waals surface area (Å²) < 4.78 is 6.44. The number of ether oxygens (including phenoxy) is 1. The fourth-order valence-electron chi connectivity index (χ4n) is 1.82. The predicted molar refractivity (Wildman–Crippen MR) is 95.6 cm³/mol. The molecule has 0 fully saturated rings. The van der Waals surface area contributed by atoms with E-state index in [4.69, 9.17) is 10.5 Å². The number of rotatable bonds is 5. The molecular formula is C17H18BrN3O2. The van der Waals surface area contributed by atoms with Crippen LogP contribution in [0.2, 0.25) is 0 Å². The summed E-state index contributed by atoms with van der Waals surface area (Å²) in [7, 11) is 0. The summed E-state index contributed by atoms with van der Waals surface area (Å²) in [4.78, 5) is 11.8. The van der Waals surface area contributed by atoms with Crippen molar-refractivity contribution in [3.8, 4) is 5.75 Å². The van der Waals surface area contributed by atoms with Crippen LogP contribution in [0.25, 0.3) is 0 Å². The van der Waals surface area contributed by atoms with Crippen LogP contribution in [0.3, 0.4) is 0 Å². The van der Waals surface area contributed by atoms with Crippen molar-refractivity contribution in [1.29, 1.82) is 0 Å². The Balaban J connectivity index is 1.88. The lowest BCUT2D eigenvalue weighted by molar-refractivity contribution is -0.123. The lowest BCUT2D eigenvalue weighted by atomic mass is 10.1. The molecule has 23 heavy (non-hydrogen) atoms. The van der Waals surface area contributed by atoms with Gasteiger partial charge in [-0.05, 0) is 55.3 Å². The van der Waals surface area contributed by atoms with Crippen molar-refractivity contribution in [2.75, 3.05) is 12.3 Å². The van der Waals surface area contributed by atoms with Crippen molar-refractivity contribution in [2.24, 2.45) is 5.10 Å². The number of nitrogen functional groups attached to an aromatic ring is 1. The third kappa shape index (κ3) is 5.10. The Labute approximate surface area is 143 Å². The van der Waals surface area contributed by atoms with Gasteiger partial charge in [-0.2, -0.15) is 5.10 Å². The highest BCUT2D eigenvalue weighted by Gasteiger charge is 2.04. The third-order valence-corrected chi connectivity index (χ3v) is 4.07. The standard InChI is InChI=1S/C17H18BrN3O2/c1-11-9-15(7-8-16(11)18)23-10-17(22)21-20-12(2)13-3-5-14(19)6-4-13/h3-9H,10,19H2,1-2H3,(H,21,22). The van der Waals surface area contributed by atoms with Gasteiger partial charge >= 0.3 is 0 Å².